The van der Waals surface area contributed by atoms with E-state index in [0.29, 0.717) is 6.61 Å². The predicted molar refractivity (Wildman–Crippen MR) is 60.1 cm³/mol. The van der Waals surface area contributed by atoms with Crippen molar-refractivity contribution < 1.29 is 9.84 Å². The minimum atomic E-state index is 0.0604. The molecule has 0 spiro atoms. The molecule has 15 heavy (non-hydrogen) atoms. The Morgan fingerprint density at radius 1 is 0.933 bits per heavy atom. The summed E-state index contributed by atoms with van der Waals surface area (Å²) in [5, 5.41) is 10.2. The zero-order valence-corrected chi connectivity index (χ0v) is 9.15. The summed E-state index contributed by atoms with van der Waals surface area (Å²) < 4.78 is 5.52. The maximum atomic E-state index is 10.2. The summed E-state index contributed by atoms with van der Waals surface area (Å²) in [6.45, 7) is 1.56. The lowest BCUT2D eigenvalue weighted by atomic mass is 10.2. The molecule has 1 aromatic carbocycles. The van der Waals surface area contributed by atoms with Crippen molar-refractivity contribution in [3.63, 3.8) is 0 Å². The van der Waals surface area contributed by atoms with Crippen molar-refractivity contribution in [2.24, 2.45) is 0 Å². The summed E-state index contributed by atoms with van der Waals surface area (Å²) in [7, 11) is 0. The quantitative estimate of drug-likeness (QED) is 0.602. The maximum absolute atomic E-state index is 10.2. The van der Waals surface area contributed by atoms with Crippen LogP contribution in [0.5, 0.6) is 0 Å². The fourth-order valence-electron chi connectivity index (χ4n) is 1.42. The van der Waals surface area contributed by atoms with Gasteiger partial charge in [0.15, 0.2) is 0 Å². The van der Waals surface area contributed by atoms with Crippen molar-refractivity contribution in [1.29, 1.82) is 0 Å². The standard InChI is InChI=1S/C13H19O2/c14-10-6-1-2-7-11-15-12-13-8-4-3-5-9-13/h3-5,8-9H,1-2,6-7,10-12H2. The highest BCUT2D eigenvalue weighted by Crippen LogP contribution is 2.03. The normalized spacial score (nSPS) is 10.5. The van der Waals surface area contributed by atoms with Gasteiger partial charge in [-0.2, -0.15) is 0 Å². The Bertz CT molecular complexity index is 234. The maximum Gasteiger partial charge on any atom is 0.0822 e. The van der Waals surface area contributed by atoms with Gasteiger partial charge < -0.3 is 4.74 Å². The van der Waals surface area contributed by atoms with Gasteiger partial charge >= 0.3 is 0 Å². The van der Waals surface area contributed by atoms with Gasteiger partial charge in [0.2, 0.25) is 0 Å². The van der Waals surface area contributed by atoms with Gasteiger partial charge in [0.25, 0.3) is 0 Å². The molecule has 1 aromatic rings. The predicted octanol–water partition coefficient (Wildman–Crippen LogP) is 3.19. The summed E-state index contributed by atoms with van der Waals surface area (Å²) in [6, 6.07) is 10.2. The molecule has 0 aliphatic heterocycles. The Balaban J connectivity index is 1.93. The number of hydrogen-bond donors (Lipinski definition) is 0. The molecule has 0 saturated carbocycles. The Morgan fingerprint density at radius 2 is 1.67 bits per heavy atom. The van der Waals surface area contributed by atoms with Crippen LogP contribution in [-0.2, 0) is 16.5 Å². The van der Waals surface area contributed by atoms with E-state index in [1.165, 1.54) is 5.56 Å². The van der Waals surface area contributed by atoms with Gasteiger partial charge in [-0.15, -0.1) is 0 Å². The lowest BCUT2D eigenvalue weighted by molar-refractivity contribution is 0.115. The fraction of sp³-hybridized carbons (Fsp3) is 0.538. The summed E-state index contributed by atoms with van der Waals surface area (Å²) in [5.74, 6) is 0. The molecule has 83 valence electrons. The molecule has 0 amide bonds. The van der Waals surface area contributed by atoms with Crippen molar-refractivity contribution in [1.82, 2.24) is 0 Å². The van der Waals surface area contributed by atoms with Gasteiger partial charge in [0.1, 0.15) is 0 Å². The van der Waals surface area contributed by atoms with Crippen LogP contribution in [0.25, 0.3) is 0 Å². The highest BCUT2D eigenvalue weighted by molar-refractivity contribution is 5.13. The van der Waals surface area contributed by atoms with Crippen LogP contribution in [0.15, 0.2) is 30.3 Å². The minimum absolute atomic E-state index is 0.0604. The number of ether oxygens (including phenoxy) is 1. The van der Waals surface area contributed by atoms with E-state index < -0.39 is 0 Å². The molecule has 0 aliphatic carbocycles. The second-order valence-electron chi connectivity index (χ2n) is 3.66. The smallest absolute Gasteiger partial charge is 0.0822 e. The third-order valence-electron chi connectivity index (χ3n) is 2.29. The van der Waals surface area contributed by atoms with Crippen LogP contribution in [-0.4, -0.2) is 13.2 Å². The Hall–Kier alpha value is -0.860. The van der Waals surface area contributed by atoms with Gasteiger partial charge in [0.05, 0.1) is 13.2 Å². The molecule has 0 saturated heterocycles. The summed E-state index contributed by atoms with van der Waals surface area (Å²) in [5.41, 5.74) is 1.22. The van der Waals surface area contributed by atoms with E-state index in [4.69, 9.17) is 4.74 Å². The van der Waals surface area contributed by atoms with Crippen LogP contribution in [0.3, 0.4) is 0 Å². The zero-order chi connectivity index (χ0) is 10.8. The van der Waals surface area contributed by atoms with Crippen molar-refractivity contribution >= 4 is 0 Å². The van der Waals surface area contributed by atoms with E-state index in [-0.39, 0.29) is 6.61 Å². The third-order valence-corrected chi connectivity index (χ3v) is 2.29. The minimum Gasteiger partial charge on any atom is -0.377 e. The highest BCUT2D eigenvalue weighted by atomic mass is 16.5. The molecule has 0 bridgehead atoms. The van der Waals surface area contributed by atoms with Crippen LogP contribution in [0.1, 0.15) is 31.2 Å². The summed E-state index contributed by atoms with van der Waals surface area (Å²) in [4.78, 5) is 0. The summed E-state index contributed by atoms with van der Waals surface area (Å²) >= 11 is 0. The van der Waals surface area contributed by atoms with E-state index in [0.717, 1.165) is 32.3 Å². The molecule has 2 heteroatoms. The van der Waals surface area contributed by atoms with Crippen LogP contribution in [0.4, 0.5) is 0 Å². The van der Waals surface area contributed by atoms with Gasteiger partial charge in [0, 0.05) is 6.61 Å². The molecule has 0 fully saturated rings. The molecule has 0 atom stereocenters. The average Bonchev–Trinajstić information content (AvgIpc) is 2.29. The second-order valence-corrected chi connectivity index (χ2v) is 3.66. The SMILES string of the molecule is [O]CCCCCCOCc1ccccc1. The van der Waals surface area contributed by atoms with E-state index in [1.807, 2.05) is 18.2 Å². The number of unbranched alkanes of at least 4 members (excludes halogenated alkanes) is 3. The van der Waals surface area contributed by atoms with Crippen LogP contribution >= 0.6 is 0 Å². The van der Waals surface area contributed by atoms with Crippen LogP contribution in [0, 0.1) is 0 Å². The summed E-state index contributed by atoms with van der Waals surface area (Å²) in [6.07, 6.45) is 4.01. The topological polar surface area (TPSA) is 29.1 Å². The molecule has 2 nitrogen and oxygen atoms in total. The molecule has 0 aliphatic rings. The fourth-order valence-corrected chi connectivity index (χ4v) is 1.42. The van der Waals surface area contributed by atoms with Crippen LogP contribution in [0.2, 0.25) is 0 Å². The number of rotatable bonds is 8. The van der Waals surface area contributed by atoms with Crippen molar-refractivity contribution in [3.05, 3.63) is 35.9 Å². The third kappa shape index (κ3) is 6.26. The molecule has 1 rings (SSSR count). The van der Waals surface area contributed by atoms with Crippen molar-refractivity contribution in [2.75, 3.05) is 13.2 Å². The molecule has 0 heterocycles. The number of hydrogen-bond acceptors (Lipinski definition) is 1. The van der Waals surface area contributed by atoms with Gasteiger partial charge in [-0.3, -0.25) is 0 Å². The first-order valence-corrected chi connectivity index (χ1v) is 5.63. The van der Waals surface area contributed by atoms with Crippen molar-refractivity contribution in [3.8, 4) is 0 Å². The first-order valence-electron chi connectivity index (χ1n) is 5.63. The monoisotopic (exact) mass is 207 g/mol. The van der Waals surface area contributed by atoms with Crippen molar-refractivity contribution in [2.45, 2.75) is 32.3 Å². The number of benzene rings is 1. The van der Waals surface area contributed by atoms with E-state index >= 15 is 0 Å². The Morgan fingerprint density at radius 3 is 2.40 bits per heavy atom. The second kappa shape index (κ2) is 8.45. The average molecular weight is 207 g/mol. The van der Waals surface area contributed by atoms with E-state index in [1.54, 1.807) is 0 Å². The first-order chi connectivity index (χ1) is 7.43. The van der Waals surface area contributed by atoms with Gasteiger partial charge in [-0.25, -0.2) is 5.11 Å². The highest BCUT2D eigenvalue weighted by Gasteiger charge is 1.92. The largest absolute Gasteiger partial charge is 0.377 e. The molecule has 0 unspecified atom stereocenters. The molecule has 0 N–H and O–H groups in total. The Kier molecular flexibility index (Phi) is 6.88. The Labute approximate surface area is 91.9 Å². The lowest BCUT2D eigenvalue weighted by Crippen LogP contribution is -1.95. The molecular formula is C13H19O2. The van der Waals surface area contributed by atoms with Gasteiger partial charge in [-0.1, -0.05) is 43.2 Å². The van der Waals surface area contributed by atoms with E-state index in [2.05, 4.69) is 12.1 Å². The zero-order valence-electron chi connectivity index (χ0n) is 9.15. The molecule has 1 radical (unpaired) electrons. The van der Waals surface area contributed by atoms with Gasteiger partial charge in [-0.05, 0) is 18.4 Å². The molecular weight excluding hydrogens is 188 g/mol. The van der Waals surface area contributed by atoms with E-state index in [9.17, 15) is 5.11 Å². The lowest BCUT2D eigenvalue weighted by Gasteiger charge is -2.03. The van der Waals surface area contributed by atoms with Crippen LogP contribution < -0.4 is 0 Å². The molecule has 0 aromatic heterocycles. The first kappa shape index (κ1) is 12.2.